The fraction of sp³-hybridized carbons (Fsp3) is 0.462. The molecule has 1 aromatic carbocycles. The highest BCUT2D eigenvalue weighted by Crippen LogP contribution is 2.14. The van der Waals surface area contributed by atoms with Gasteiger partial charge in [-0.25, -0.2) is 8.42 Å². The number of nitrogens with one attached hydrogen (secondary N) is 2. The Labute approximate surface area is 130 Å². The topological polar surface area (TPSA) is 101 Å². The van der Waals surface area contributed by atoms with Gasteiger partial charge in [-0.2, -0.15) is 4.72 Å². The fourth-order valence-electron chi connectivity index (χ4n) is 1.46. The third kappa shape index (κ3) is 5.28. The maximum atomic E-state index is 12.1. The molecule has 21 heavy (non-hydrogen) atoms. The van der Waals surface area contributed by atoms with Gasteiger partial charge in [0.05, 0.1) is 10.9 Å². The third-order valence-electron chi connectivity index (χ3n) is 2.82. The number of amides is 1. The molecule has 4 N–H and O–H groups in total. The summed E-state index contributed by atoms with van der Waals surface area (Å²) in [6.07, 6.45) is 0. The van der Waals surface area contributed by atoms with Crippen molar-refractivity contribution in [2.24, 2.45) is 5.73 Å². The number of carbonyl (C=O) groups excluding carboxylic acids is 1. The lowest BCUT2D eigenvalue weighted by atomic mass is 10.1. The summed E-state index contributed by atoms with van der Waals surface area (Å²) in [6.45, 7) is 5.22. The van der Waals surface area contributed by atoms with Crippen molar-refractivity contribution in [2.45, 2.75) is 37.2 Å². The third-order valence-corrected chi connectivity index (χ3v) is 4.63. The van der Waals surface area contributed by atoms with Crippen LogP contribution in [0.25, 0.3) is 0 Å². The van der Waals surface area contributed by atoms with E-state index in [1.54, 1.807) is 13.8 Å². The molecule has 0 aliphatic rings. The largest absolute Gasteiger partial charge is 0.349 e. The van der Waals surface area contributed by atoms with Crippen LogP contribution in [-0.2, 0) is 14.8 Å². The zero-order valence-electron chi connectivity index (χ0n) is 12.2. The summed E-state index contributed by atoms with van der Waals surface area (Å²) >= 11 is 5.72. The Bertz CT molecular complexity index is 600. The predicted octanol–water partition coefficient (Wildman–Crippen LogP) is 0.860. The second-order valence-electron chi connectivity index (χ2n) is 5.37. The molecule has 1 atom stereocenters. The Morgan fingerprint density at radius 1 is 1.33 bits per heavy atom. The molecule has 1 unspecified atom stereocenters. The van der Waals surface area contributed by atoms with E-state index in [-0.39, 0.29) is 11.4 Å². The second kappa shape index (κ2) is 6.74. The number of benzene rings is 1. The van der Waals surface area contributed by atoms with E-state index in [1.165, 1.54) is 31.2 Å². The summed E-state index contributed by atoms with van der Waals surface area (Å²) in [7, 11) is -3.78. The van der Waals surface area contributed by atoms with E-state index in [0.29, 0.717) is 5.02 Å². The molecule has 0 saturated carbocycles. The van der Waals surface area contributed by atoms with E-state index in [2.05, 4.69) is 10.0 Å². The van der Waals surface area contributed by atoms with Crippen LogP contribution in [0, 0.1) is 0 Å². The Morgan fingerprint density at radius 3 is 2.33 bits per heavy atom. The van der Waals surface area contributed by atoms with Gasteiger partial charge in [-0.1, -0.05) is 11.6 Å². The lowest BCUT2D eigenvalue weighted by Crippen LogP contribution is -2.54. The van der Waals surface area contributed by atoms with Gasteiger partial charge in [0.2, 0.25) is 15.9 Å². The first-order chi connectivity index (χ1) is 9.57. The van der Waals surface area contributed by atoms with Crippen LogP contribution in [0.4, 0.5) is 0 Å². The first-order valence-corrected chi connectivity index (χ1v) is 8.23. The highest BCUT2D eigenvalue weighted by Gasteiger charge is 2.26. The molecule has 1 amide bonds. The van der Waals surface area contributed by atoms with Crippen molar-refractivity contribution in [3.05, 3.63) is 29.3 Å². The van der Waals surface area contributed by atoms with E-state index < -0.39 is 27.5 Å². The van der Waals surface area contributed by atoms with Crippen LogP contribution in [0.15, 0.2) is 29.2 Å². The summed E-state index contributed by atoms with van der Waals surface area (Å²) in [4.78, 5) is 12.0. The average Bonchev–Trinajstić information content (AvgIpc) is 2.38. The minimum Gasteiger partial charge on any atom is -0.349 e. The van der Waals surface area contributed by atoms with E-state index in [0.717, 1.165) is 0 Å². The van der Waals surface area contributed by atoms with Crippen molar-refractivity contribution in [3.8, 4) is 0 Å². The van der Waals surface area contributed by atoms with E-state index >= 15 is 0 Å². The number of halogens is 1. The van der Waals surface area contributed by atoms with Crippen LogP contribution >= 0.6 is 11.6 Å². The van der Waals surface area contributed by atoms with Crippen molar-refractivity contribution in [3.63, 3.8) is 0 Å². The van der Waals surface area contributed by atoms with Crippen LogP contribution in [0.5, 0.6) is 0 Å². The van der Waals surface area contributed by atoms with Crippen LogP contribution < -0.4 is 15.8 Å². The number of carbonyl (C=O) groups is 1. The standard InChI is InChI=1S/C13H20ClN3O3S/c1-9(12(18)16-13(2,3)8-15)17-21(19,20)11-6-4-10(14)5-7-11/h4-7,9,17H,8,15H2,1-3H3,(H,16,18). The van der Waals surface area contributed by atoms with E-state index in [9.17, 15) is 13.2 Å². The van der Waals surface area contributed by atoms with Gasteiger partial charge in [-0.15, -0.1) is 0 Å². The lowest BCUT2D eigenvalue weighted by molar-refractivity contribution is -0.123. The monoisotopic (exact) mass is 333 g/mol. The summed E-state index contributed by atoms with van der Waals surface area (Å²) in [5.41, 5.74) is 4.92. The summed E-state index contributed by atoms with van der Waals surface area (Å²) < 4.78 is 26.6. The van der Waals surface area contributed by atoms with Crippen LogP contribution in [0.2, 0.25) is 5.02 Å². The SMILES string of the molecule is CC(NS(=O)(=O)c1ccc(Cl)cc1)C(=O)NC(C)(C)CN. The fourth-order valence-corrected chi connectivity index (χ4v) is 2.79. The molecule has 118 valence electrons. The van der Waals surface area contributed by atoms with Crippen molar-refractivity contribution < 1.29 is 13.2 Å². The lowest BCUT2D eigenvalue weighted by Gasteiger charge is -2.26. The molecular weight excluding hydrogens is 314 g/mol. The zero-order valence-corrected chi connectivity index (χ0v) is 13.8. The summed E-state index contributed by atoms with van der Waals surface area (Å²) in [6, 6.07) is 4.77. The quantitative estimate of drug-likeness (QED) is 0.718. The molecule has 1 aromatic rings. The summed E-state index contributed by atoms with van der Waals surface area (Å²) in [5.74, 6) is -0.442. The molecular formula is C13H20ClN3O3S. The van der Waals surface area contributed by atoms with Crippen molar-refractivity contribution in [2.75, 3.05) is 6.54 Å². The van der Waals surface area contributed by atoms with Gasteiger partial charge < -0.3 is 11.1 Å². The number of nitrogens with two attached hydrogens (primary N) is 1. The van der Waals surface area contributed by atoms with E-state index in [4.69, 9.17) is 17.3 Å². The molecule has 1 rings (SSSR count). The van der Waals surface area contributed by atoms with Crippen LogP contribution in [0.3, 0.4) is 0 Å². The Morgan fingerprint density at radius 2 is 1.86 bits per heavy atom. The predicted molar refractivity (Wildman–Crippen MR) is 82.5 cm³/mol. The molecule has 0 radical (unpaired) electrons. The zero-order chi connectivity index (χ0) is 16.3. The normalized spacial score (nSPS) is 13.8. The molecule has 6 nitrogen and oxygen atoms in total. The van der Waals surface area contributed by atoms with Gasteiger partial charge in [0, 0.05) is 17.1 Å². The van der Waals surface area contributed by atoms with Crippen molar-refractivity contribution >= 4 is 27.5 Å². The molecule has 0 aromatic heterocycles. The minimum atomic E-state index is -3.78. The molecule has 0 saturated heterocycles. The van der Waals surface area contributed by atoms with Crippen LogP contribution in [0.1, 0.15) is 20.8 Å². The van der Waals surface area contributed by atoms with Gasteiger partial charge in [0.1, 0.15) is 0 Å². The highest BCUT2D eigenvalue weighted by atomic mass is 35.5. The Hall–Kier alpha value is -1.15. The number of rotatable bonds is 6. The maximum absolute atomic E-state index is 12.1. The van der Waals surface area contributed by atoms with Crippen molar-refractivity contribution in [1.82, 2.24) is 10.0 Å². The number of hydrogen-bond acceptors (Lipinski definition) is 4. The molecule has 0 aliphatic carbocycles. The summed E-state index contributed by atoms with van der Waals surface area (Å²) in [5, 5.41) is 3.11. The van der Waals surface area contributed by atoms with Crippen molar-refractivity contribution in [1.29, 1.82) is 0 Å². The molecule has 0 aliphatic heterocycles. The smallest absolute Gasteiger partial charge is 0.241 e. The van der Waals surface area contributed by atoms with E-state index in [1.807, 2.05) is 0 Å². The van der Waals surface area contributed by atoms with Gasteiger partial charge in [0.15, 0.2) is 0 Å². The highest BCUT2D eigenvalue weighted by molar-refractivity contribution is 7.89. The first-order valence-electron chi connectivity index (χ1n) is 6.37. The van der Waals surface area contributed by atoms with Gasteiger partial charge in [-0.05, 0) is 45.0 Å². The Balaban J connectivity index is 2.79. The first kappa shape index (κ1) is 17.9. The molecule has 8 heteroatoms. The van der Waals surface area contributed by atoms with Gasteiger partial charge >= 0.3 is 0 Å². The molecule has 0 bridgehead atoms. The van der Waals surface area contributed by atoms with Crippen LogP contribution in [-0.4, -0.2) is 32.5 Å². The molecule has 0 heterocycles. The van der Waals surface area contributed by atoms with Gasteiger partial charge in [-0.3, -0.25) is 4.79 Å². The minimum absolute atomic E-state index is 0.0460. The van der Waals surface area contributed by atoms with Gasteiger partial charge in [0.25, 0.3) is 0 Å². The Kier molecular flexibility index (Phi) is 5.75. The maximum Gasteiger partial charge on any atom is 0.241 e. The molecule has 0 fully saturated rings. The molecule has 0 spiro atoms. The number of hydrogen-bond donors (Lipinski definition) is 3. The average molecular weight is 334 g/mol. The second-order valence-corrected chi connectivity index (χ2v) is 7.52. The number of sulfonamides is 1.